The topological polar surface area (TPSA) is 33.1 Å². The van der Waals surface area contributed by atoms with Crippen LogP contribution in [0.1, 0.15) is 37.8 Å². The molecule has 0 bridgehead atoms. The van der Waals surface area contributed by atoms with Gasteiger partial charge in [0.1, 0.15) is 0 Å². The summed E-state index contributed by atoms with van der Waals surface area (Å²) in [4.78, 5) is 2.51. The Morgan fingerprint density at radius 2 is 2.28 bits per heavy atom. The van der Waals surface area contributed by atoms with Crippen molar-refractivity contribution in [2.24, 2.45) is 5.92 Å². The molecule has 0 saturated carbocycles. The molecule has 1 aromatic rings. The monoisotopic (exact) mass is 250 g/mol. The van der Waals surface area contributed by atoms with E-state index in [0.29, 0.717) is 12.0 Å². The van der Waals surface area contributed by atoms with E-state index in [0.717, 1.165) is 13.1 Å². The van der Waals surface area contributed by atoms with Crippen molar-refractivity contribution in [3.63, 3.8) is 0 Å². The Kier molecular flexibility index (Phi) is 4.78. The zero-order valence-corrected chi connectivity index (χ0v) is 11.9. The van der Waals surface area contributed by atoms with Crippen LogP contribution in [0.15, 0.2) is 12.4 Å². The molecule has 0 amide bonds. The fourth-order valence-electron chi connectivity index (χ4n) is 3.13. The zero-order valence-electron chi connectivity index (χ0n) is 11.9. The summed E-state index contributed by atoms with van der Waals surface area (Å²) in [5.41, 5.74) is 1.38. The molecule has 2 unspecified atom stereocenters. The summed E-state index contributed by atoms with van der Waals surface area (Å²) >= 11 is 0. The van der Waals surface area contributed by atoms with Crippen molar-refractivity contribution in [1.82, 2.24) is 20.0 Å². The maximum Gasteiger partial charge on any atom is 0.0537 e. The van der Waals surface area contributed by atoms with E-state index >= 15 is 0 Å². The van der Waals surface area contributed by atoms with Gasteiger partial charge in [-0.3, -0.25) is 9.58 Å². The highest BCUT2D eigenvalue weighted by Crippen LogP contribution is 2.33. The van der Waals surface area contributed by atoms with Crippen LogP contribution in [0, 0.1) is 5.92 Å². The van der Waals surface area contributed by atoms with Gasteiger partial charge in [-0.1, -0.05) is 6.42 Å². The average Bonchev–Trinajstić information content (AvgIpc) is 2.76. The molecular weight excluding hydrogens is 224 g/mol. The number of nitrogens with one attached hydrogen (secondary N) is 1. The molecule has 1 aliphatic rings. The maximum absolute atomic E-state index is 4.44. The number of hydrogen-bond acceptors (Lipinski definition) is 3. The quantitative estimate of drug-likeness (QED) is 0.886. The Labute approximate surface area is 110 Å². The molecule has 4 heteroatoms. The van der Waals surface area contributed by atoms with Crippen molar-refractivity contribution in [3.8, 4) is 0 Å². The van der Waals surface area contributed by atoms with Crippen LogP contribution < -0.4 is 5.32 Å². The van der Waals surface area contributed by atoms with Crippen LogP contribution in [-0.4, -0.2) is 41.9 Å². The van der Waals surface area contributed by atoms with E-state index in [2.05, 4.69) is 48.7 Å². The maximum atomic E-state index is 4.44. The van der Waals surface area contributed by atoms with Gasteiger partial charge < -0.3 is 5.32 Å². The van der Waals surface area contributed by atoms with Crippen LogP contribution in [0.25, 0.3) is 0 Å². The van der Waals surface area contributed by atoms with Gasteiger partial charge in [0.25, 0.3) is 0 Å². The van der Waals surface area contributed by atoms with Crippen LogP contribution in [0.2, 0.25) is 0 Å². The minimum atomic E-state index is 0.514. The first-order chi connectivity index (χ1) is 8.76. The highest BCUT2D eigenvalue weighted by Gasteiger charge is 2.29. The first-order valence-electron chi connectivity index (χ1n) is 7.13. The molecule has 0 radical (unpaired) electrons. The normalized spacial score (nSPS) is 26.2. The van der Waals surface area contributed by atoms with E-state index in [-0.39, 0.29) is 0 Å². The Bertz CT molecular complexity index is 360. The SMILES string of the molecule is CCn1cc(C2C(CNC)CCCCN2C)cn1. The third kappa shape index (κ3) is 2.93. The molecule has 1 aromatic heterocycles. The lowest BCUT2D eigenvalue weighted by molar-refractivity contribution is 0.191. The highest BCUT2D eigenvalue weighted by atomic mass is 15.3. The molecule has 18 heavy (non-hydrogen) atoms. The minimum Gasteiger partial charge on any atom is -0.319 e. The van der Waals surface area contributed by atoms with E-state index in [1.54, 1.807) is 0 Å². The van der Waals surface area contributed by atoms with E-state index in [1.165, 1.54) is 31.4 Å². The Morgan fingerprint density at radius 1 is 1.44 bits per heavy atom. The van der Waals surface area contributed by atoms with Crippen LogP contribution in [0.5, 0.6) is 0 Å². The van der Waals surface area contributed by atoms with Crippen molar-refractivity contribution < 1.29 is 0 Å². The van der Waals surface area contributed by atoms with Crippen molar-refractivity contribution in [2.75, 3.05) is 27.2 Å². The van der Waals surface area contributed by atoms with Gasteiger partial charge in [-0.25, -0.2) is 0 Å². The second kappa shape index (κ2) is 6.34. The Hall–Kier alpha value is -0.870. The first-order valence-corrected chi connectivity index (χ1v) is 7.13. The number of hydrogen-bond donors (Lipinski definition) is 1. The summed E-state index contributed by atoms with van der Waals surface area (Å²) in [6.07, 6.45) is 8.24. The molecule has 1 saturated heterocycles. The molecule has 102 valence electrons. The van der Waals surface area contributed by atoms with Gasteiger partial charge in [0, 0.05) is 24.3 Å². The smallest absolute Gasteiger partial charge is 0.0537 e. The van der Waals surface area contributed by atoms with Crippen molar-refractivity contribution in [3.05, 3.63) is 18.0 Å². The summed E-state index contributed by atoms with van der Waals surface area (Å²) in [7, 11) is 4.30. The zero-order chi connectivity index (χ0) is 13.0. The lowest BCUT2D eigenvalue weighted by Gasteiger charge is -2.31. The fourth-order valence-corrected chi connectivity index (χ4v) is 3.13. The van der Waals surface area contributed by atoms with Crippen LogP contribution in [0.4, 0.5) is 0 Å². The molecule has 0 aromatic carbocycles. The number of aryl methyl sites for hydroxylation is 1. The van der Waals surface area contributed by atoms with Crippen molar-refractivity contribution in [2.45, 2.75) is 38.8 Å². The number of rotatable bonds is 4. The third-order valence-corrected chi connectivity index (χ3v) is 4.04. The predicted molar refractivity (Wildman–Crippen MR) is 74.5 cm³/mol. The molecule has 1 fully saturated rings. The molecule has 2 heterocycles. The van der Waals surface area contributed by atoms with Crippen molar-refractivity contribution in [1.29, 1.82) is 0 Å². The number of likely N-dealkylation sites (tertiary alicyclic amines) is 1. The van der Waals surface area contributed by atoms with Gasteiger partial charge >= 0.3 is 0 Å². The van der Waals surface area contributed by atoms with E-state index in [4.69, 9.17) is 0 Å². The average molecular weight is 250 g/mol. The number of nitrogens with zero attached hydrogens (tertiary/aromatic N) is 3. The fraction of sp³-hybridized carbons (Fsp3) is 0.786. The molecule has 1 aliphatic heterocycles. The molecule has 0 aliphatic carbocycles. The van der Waals surface area contributed by atoms with E-state index < -0.39 is 0 Å². The first kappa shape index (κ1) is 13.6. The molecule has 2 rings (SSSR count). The summed E-state index contributed by atoms with van der Waals surface area (Å²) in [6.45, 7) is 5.38. The van der Waals surface area contributed by atoms with E-state index in [9.17, 15) is 0 Å². The molecule has 2 atom stereocenters. The van der Waals surface area contributed by atoms with E-state index in [1.807, 2.05) is 4.68 Å². The molecular formula is C14H26N4. The van der Waals surface area contributed by atoms with Gasteiger partial charge in [0.05, 0.1) is 6.20 Å². The van der Waals surface area contributed by atoms with Gasteiger partial charge in [-0.2, -0.15) is 5.10 Å². The Balaban J connectivity index is 2.21. The second-order valence-corrected chi connectivity index (χ2v) is 5.37. The lowest BCUT2D eigenvalue weighted by Crippen LogP contribution is -2.33. The number of aromatic nitrogens is 2. The predicted octanol–water partition coefficient (Wildman–Crippen LogP) is 1.90. The molecule has 1 N–H and O–H groups in total. The minimum absolute atomic E-state index is 0.514. The highest BCUT2D eigenvalue weighted by molar-refractivity contribution is 5.13. The van der Waals surface area contributed by atoms with Crippen LogP contribution in [-0.2, 0) is 6.54 Å². The van der Waals surface area contributed by atoms with Crippen LogP contribution >= 0.6 is 0 Å². The van der Waals surface area contributed by atoms with Gasteiger partial charge in [0.15, 0.2) is 0 Å². The van der Waals surface area contributed by atoms with Gasteiger partial charge in [-0.05, 0) is 52.9 Å². The molecule has 4 nitrogen and oxygen atoms in total. The van der Waals surface area contributed by atoms with Gasteiger partial charge in [0.2, 0.25) is 0 Å². The third-order valence-electron chi connectivity index (χ3n) is 4.04. The Morgan fingerprint density at radius 3 is 2.94 bits per heavy atom. The lowest BCUT2D eigenvalue weighted by atomic mass is 9.91. The summed E-state index contributed by atoms with van der Waals surface area (Å²) < 4.78 is 2.03. The largest absolute Gasteiger partial charge is 0.319 e. The second-order valence-electron chi connectivity index (χ2n) is 5.37. The van der Waals surface area contributed by atoms with Gasteiger partial charge in [-0.15, -0.1) is 0 Å². The standard InChI is InChI=1S/C14H26N4/c1-4-18-11-13(10-16-18)14-12(9-15-2)7-5-6-8-17(14)3/h10-12,14-15H,4-9H2,1-3H3. The van der Waals surface area contributed by atoms with Crippen LogP contribution in [0.3, 0.4) is 0 Å². The summed E-state index contributed by atoms with van der Waals surface area (Å²) in [5, 5.41) is 7.79. The molecule has 0 spiro atoms. The summed E-state index contributed by atoms with van der Waals surface area (Å²) in [5.74, 6) is 0.692. The van der Waals surface area contributed by atoms with Crippen molar-refractivity contribution >= 4 is 0 Å². The summed E-state index contributed by atoms with van der Waals surface area (Å²) in [6, 6.07) is 0.514.